The standard InChI is InChI=1S/C13H20O2/c1-10(2)12-4-7-13(8-5-12,9-6-12)11(14)15-3/h1,4-9H2,2-3H3. The van der Waals surface area contributed by atoms with Crippen molar-refractivity contribution in [3.05, 3.63) is 12.2 Å². The molecule has 0 unspecified atom stereocenters. The first kappa shape index (κ1) is 10.7. The Morgan fingerprint density at radius 1 is 1.07 bits per heavy atom. The van der Waals surface area contributed by atoms with Gasteiger partial charge in [0.25, 0.3) is 0 Å². The first-order chi connectivity index (χ1) is 7.05. The first-order valence-electron chi connectivity index (χ1n) is 5.79. The van der Waals surface area contributed by atoms with Gasteiger partial charge in [-0.25, -0.2) is 0 Å². The molecule has 3 aliphatic rings. The molecule has 3 fully saturated rings. The van der Waals surface area contributed by atoms with Gasteiger partial charge >= 0.3 is 5.97 Å². The molecule has 2 nitrogen and oxygen atoms in total. The van der Waals surface area contributed by atoms with Crippen LogP contribution in [0, 0.1) is 10.8 Å². The highest BCUT2D eigenvalue weighted by Gasteiger charge is 2.53. The second kappa shape index (κ2) is 3.36. The summed E-state index contributed by atoms with van der Waals surface area (Å²) in [5, 5.41) is 0. The van der Waals surface area contributed by atoms with E-state index in [0.717, 1.165) is 38.5 Å². The van der Waals surface area contributed by atoms with Gasteiger partial charge in [0.1, 0.15) is 0 Å². The summed E-state index contributed by atoms with van der Waals surface area (Å²) < 4.78 is 4.94. The van der Waals surface area contributed by atoms with Gasteiger partial charge < -0.3 is 4.74 Å². The van der Waals surface area contributed by atoms with Crippen LogP contribution in [0.3, 0.4) is 0 Å². The second-order valence-electron chi connectivity index (χ2n) is 5.33. The Labute approximate surface area is 91.7 Å². The third-order valence-corrected chi connectivity index (χ3v) is 4.77. The average molecular weight is 208 g/mol. The Bertz CT molecular complexity index is 279. The molecule has 84 valence electrons. The Morgan fingerprint density at radius 2 is 1.47 bits per heavy atom. The summed E-state index contributed by atoms with van der Waals surface area (Å²) in [7, 11) is 1.51. The monoisotopic (exact) mass is 208 g/mol. The fraction of sp³-hybridized carbons (Fsp3) is 0.769. The van der Waals surface area contributed by atoms with Crippen LogP contribution in [0.2, 0.25) is 0 Å². The zero-order valence-electron chi connectivity index (χ0n) is 9.77. The van der Waals surface area contributed by atoms with Crippen molar-refractivity contribution in [2.75, 3.05) is 7.11 Å². The van der Waals surface area contributed by atoms with Gasteiger partial charge in [-0.3, -0.25) is 4.79 Å². The first-order valence-corrected chi connectivity index (χ1v) is 5.79. The summed E-state index contributed by atoms with van der Waals surface area (Å²) >= 11 is 0. The maximum atomic E-state index is 11.8. The van der Waals surface area contributed by atoms with Gasteiger partial charge in [-0.15, -0.1) is 0 Å². The number of esters is 1. The molecule has 0 heterocycles. The highest BCUT2D eigenvalue weighted by atomic mass is 16.5. The molecule has 0 saturated heterocycles. The minimum atomic E-state index is -0.147. The van der Waals surface area contributed by atoms with Crippen LogP contribution in [0.4, 0.5) is 0 Å². The van der Waals surface area contributed by atoms with Crippen molar-refractivity contribution in [1.82, 2.24) is 0 Å². The van der Waals surface area contributed by atoms with Crippen LogP contribution in [0.5, 0.6) is 0 Å². The molecule has 3 aliphatic carbocycles. The van der Waals surface area contributed by atoms with Gasteiger partial charge in [0.2, 0.25) is 0 Å². The number of fused-ring (bicyclic) bond motifs is 3. The largest absolute Gasteiger partial charge is 0.469 e. The quantitative estimate of drug-likeness (QED) is 0.515. The van der Waals surface area contributed by atoms with E-state index >= 15 is 0 Å². The number of carbonyl (C=O) groups excluding carboxylic acids is 1. The van der Waals surface area contributed by atoms with E-state index < -0.39 is 0 Å². The van der Waals surface area contributed by atoms with Crippen LogP contribution in [-0.2, 0) is 9.53 Å². The number of ether oxygens (including phenoxy) is 1. The molecule has 0 atom stereocenters. The van der Waals surface area contributed by atoms with Gasteiger partial charge in [0.15, 0.2) is 0 Å². The summed E-state index contributed by atoms with van der Waals surface area (Å²) in [5.74, 6) is 0.0116. The Kier molecular flexibility index (Phi) is 2.40. The lowest BCUT2D eigenvalue weighted by Crippen LogP contribution is -2.46. The molecule has 0 spiro atoms. The highest BCUT2D eigenvalue weighted by Crippen LogP contribution is 2.59. The predicted octanol–water partition coefficient (Wildman–Crippen LogP) is 3.08. The van der Waals surface area contributed by atoms with Gasteiger partial charge in [-0.1, -0.05) is 12.2 Å². The number of methoxy groups -OCH3 is 1. The lowest BCUT2D eigenvalue weighted by atomic mass is 9.52. The van der Waals surface area contributed by atoms with Crippen molar-refractivity contribution in [2.24, 2.45) is 10.8 Å². The predicted molar refractivity (Wildman–Crippen MR) is 59.4 cm³/mol. The van der Waals surface area contributed by atoms with E-state index in [2.05, 4.69) is 13.5 Å². The summed E-state index contributed by atoms with van der Waals surface area (Å²) in [6, 6.07) is 0. The number of hydrogen-bond acceptors (Lipinski definition) is 2. The van der Waals surface area contributed by atoms with Crippen molar-refractivity contribution in [1.29, 1.82) is 0 Å². The van der Waals surface area contributed by atoms with Gasteiger partial charge in [-0.05, 0) is 50.9 Å². The zero-order chi connectivity index (χ0) is 11.1. The average Bonchev–Trinajstić information content (AvgIpc) is 2.30. The third kappa shape index (κ3) is 1.42. The molecule has 0 aromatic rings. The molecular formula is C13H20O2. The van der Waals surface area contributed by atoms with E-state index in [1.54, 1.807) is 0 Å². The minimum Gasteiger partial charge on any atom is -0.469 e. The third-order valence-electron chi connectivity index (χ3n) is 4.77. The van der Waals surface area contributed by atoms with E-state index in [4.69, 9.17) is 4.74 Å². The molecule has 2 heteroatoms. The Balaban J connectivity index is 2.17. The van der Waals surface area contributed by atoms with E-state index in [-0.39, 0.29) is 11.4 Å². The molecule has 0 aromatic heterocycles. The smallest absolute Gasteiger partial charge is 0.311 e. The van der Waals surface area contributed by atoms with Crippen LogP contribution < -0.4 is 0 Å². The lowest BCUT2D eigenvalue weighted by molar-refractivity contribution is -0.161. The SMILES string of the molecule is C=C(C)C12CCC(C(=O)OC)(CC1)CC2. The highest BCUT2D eigenvalue weighted by molar-refractivity contribution is 5.77. The molecule has 2 bridgehead atoms. The fourth-order valence-electron chi connectivity index (χ4n) is 3.35. The van der Waals surface area contributed by atoms with E-state index in [0.29, 0.717) is 5.41 Å². The summed E-state index contributed by atoms with van der Waals surface area (Å²) in [4.78, 5) is 11.8. The van der Waals surface area contributed by atoms with Gasteiger partial charge in [-0.2, -0.15) is 0 Å². The van der Waals surface area contributed by atoms with Crippen molar-refractivity contribution in [2.45, 2.75) is 45.4 Å². The minimum absolute atomic E-state index is 0.0116. The normalized spacial score (nSPS) is 38.8. The number of hydrogen-bond donors (Lipinski definition) is 0. The maximum absolute atomic E-state index is 11.8. The van der Waals surface area contributed by atoms with Crippen LogP contribution in [0.1, 0.15) is 45.4 Å². The van der Waals surface area contributed by atoms with Crippen molar-refractivity contribution < 1.29 is 9.53 Å². The van der Waals surface area contributed by atoms with E-state index in [9.17, 15) is 4.79 Å². The van der Waals surface area contributed by atoms with Crippen molar-refractivity contribution in [3.8, 4) is 0 Å². The molecule has 3 saturated carbocycles. The number of carbonyl (C=O) groups is 1. The zero-order valence-corrected chi connectivity index (χ0v) is 9.77. The molecule has 0 aromatic carbocycles. The number of rotatable bonds is 2. The Morgan fingerprint density at radius 3 is 1.80 bits per heavy atom. The summed E-state index contributed by atoms with van der Waals surface area (Å²) in [5.41, 5.74) is 1.50. The van der Waals surface area contributed by atoms with E-state index in [1.165, 1.54) is 12.7 Å². The molecule has 0 aliphatic heterocycles. The van der Waals surface area contributed by atoms with Crippen LogP contribution in [0.15, 0.2) is 12.2 Å². The van der Waals surface area contributed by atoms with Crippen molar-refractivity contribution >= 4 is 5.97 Å². The summed E-state index contributed by atoms with van der Waals surface area (Å²) in [6.07, 6.45) is 6.35. The molecule has 15 heavy (non-hydrogen) atoms. The second-order valence-corrected chi connectivity index (χ2v) is 5.33. The topological polar surface area (TPSA) is 26.3 Å². The van der Waals surface area contributed by atoms with Crippen LogP contribution in [-0.4, -0.2) is 13.1 Å². The summed E-state index contributed by atoms with van der Waals surface area (Å²) in [6.45, 7) is 6.25. The van der Waals surface area contributed by atoms with Crippen LogP contribution in [0.25, 0.3) is 0 Å². The lowest BCUT2D eigenvalue weighted by Gasteiger charge is -2.52. The van der Waals surface area contributed by atoms with Crippen LogP contribution >= 0.6 is 0 Å². The van der Waals surface area contributed by atoms with Gasteiger partial charge in [0.05, 0.1) is 12.5 Å². The molecule has 0 N–H and O–H groups in total. The molecule has 0 amide bonds. The Hall–Kier alpha value is -0.790. The fourth-order valence-corrected chi connectivity index (χ4v) is 3.35. The molecular weight excluding hydrogens is 188 g/mol. The molecule has 0 radical (unpaired) electrons. The maximum Gasteiger partial charge on any atom is 0.311 e. The number of allylic oxidation sites excluding steroid dienone is 1. The van der Waals surface area contributed by atoms with Gasteiger partial charge in [0, 0.05) is 0 Å². The molecule has 3 rings (SSSR count). The van der Waals surface area contributed by atoms with E-state index in [1.807, 2.05) is 0 Å². The van der Waals surface area contributed by atoms with Crippen molar-refractivity contribution in [3.63, 3.8) is 0 Å².